The highest BCUT2D eigenvalue weighted by Crippen LogP contribution is 2.35. The number of alkyl halides is 3. The molecular weight excluding hydrogens is 457 g/mol. The second-order valence-electron chi connectivity index (χ2n) is 6.94. The summed E-state index contributed by atoms with van der Waals surface area (Å²) in [5.74, 6) is 0.109. The number of halogens is 4. The van der Waals surface area contributed by atoms with Crippen molar-refractivity contribution < 1.29 is 31.1 Å². The molecule has 3 rings (SSSR count). The average Bonchev–Trinajstić information content (AvgIpc) is 2.74. The second kappa shape index (κ2) is 9.05. The third-order valence-electron chi connectivity index (χ3n) is 4.83. The standard InChI is InChI=1S/C20H20ClF3N2O4S/c1-14(30-16-8-6-15(21)7-9-16)19(27)25-10-12-26(13-11-25)31(28,29)18-5-3-2-4-17(18)20(22,23)24/h2-9,14H,10-13H2,1H3. The molecule has 0 bridgehead atoms. The summed E-state index contributed by atoms with van der Waals surface area (Å²) in [7, 11) is -4.37. The Kier molecular flexibility index (Phi) is 6.82. The number of hydrogen-bond donors (Lipinski definition) is 0. The van der Waals surface area contributed by atoms with E-state index in [9.17, 15) is 26.4 Å². The van der Waals surface area contributed by atoms with Crippen molar-refractivity contribution in [1.29, 1.82) is 0 Å². The third kappa shape index (κ3) is 5.31. The van der Waals surface area contributed by atoms with Gasteiger partial charge in [-0.1, -0.05) is 23.7 Å². The second-order valence-corrected chi connectivity index (χ2v) is 9.28. The predicted molar refractivity (Wildman–Crippen MR) is 108 cm³/mol. The topological polar surface area (TPSA) is 66.9 Å². The fourth-order valence-electron chi connectivity index (χ4n) is 3.24. The number of ether oxygens (including phenoxy) is 1. The van der Waals surface area contributed by atoms with Gasteiger partial charge in [-0.3, -0.25) is 4.79 Å². The number of nitrogens with zero attached hydrogens (tertiary/aromatic N) is 2. The number of benzene rings is 2. The molecule has 1 amide bonds. The van der Waals surface area contributed by atoms with Crippen LogP contribution in [-0.2, 0) is 21.0 Å². The molecule has 1 fully saturated rings. The molecule has 0 aliphatic carbocycles. The zero-order chi connectivity index (χ0) is 22.8. The van der Waals surface area contributed by atoms with E-state index >= 15 is 0 Å². The number of carbonyl (C=O) groups excluding carboxylic acids is 1. The Balaban J connectivity index is 1.66. The predicted octanol–water partition coefficient (Wildman–Crippen LogP) is 3.66. The Morgan fingerprint density at radius 1 is 1.03 bits per heavy atom. The summed E-state index contributed by atoms with van der Waals surface area (Å²) in [6, 6.07) is 10.6. The molecule has 0 spiro atoms. The van der Waals surface area contributed by atoms with Crippen molar-refractivity contribution in [2.75, 3.05) is 26.2 Å². The SMILES string of the molecule is CC(Oc1ccc(Cl)cc1)C(=O)N1CCN(S(=O)(=O)c2ccccc2C(F)(F)F)CC1. The van der Waals surface area contributed by atoms with E-state index in [-0.39, 0.29) is 32.1 Å². The van der Waals surface area contributed by atoms with Crippen LogP contribution in [0.1, 0.15) is 12.5 Å². The Morgan fingerprint density at radius 2 is 1.61 bits per heavy atom. The monoisotopic (exact) mass is 476 g/mol. The fourth-order valence-corrected chi connectivity index (χ4v) is 5.00. The third-order valence-corrected chi connectivity index (χ3v) is 7.04. The van der Waals surface area contributed by atoms with Gasteiger partial charge in [0.15, 0.2) is 6.10 Å². The molecule has 0 saturated carbocycles. The van der Waals surface area contributed by atoms with Gasteiger partial charge in [0.05, 0.1) is 10.5 Å². The van der Waals surface area contributed by atoms with Crippen LogP contribution >= 0.6 is 11.6 Å². The van der Waals surface area contributed by atoms with Gasteiger partial charge in [0.2, 0.25) is 10.0 Å². The van der Waals surface area contributed by atoms with Gasteiger partial charge in [-0.05, 0) is 43.3 Å². The summed E-state index contributed by atoms with van der Waals surface area (Å²) < 4.78 is 71.9. The molecule has 0 N–H and O–H groups in total. The summed E-state index contributed by atoms with van der Waals surface area (Å²) >= 11 is 5.82. The molecule has 1 aliphatic heterocycles. The van der Waals surface area contributed by atoms with E-state index in [1.807, 2.05) is 0 Å². The molecular formula is C20H20ClF3N2O4S. The number of rotatable bonds is 5. The molecule has 6 nitrogen and oxygen atoms in total. The van der Waals surface area contributed by atoms with Crippen LogP contribution in [0.5, 0.6) is 5.75 Å². The van der Waals surface area contributed by atoms with Crippen molar-refractivity contribution in [2.24, 2.45) is 0 Å². The van der Waals surface area contributed by atoms with Crippen molar-refractivity contribution in [2.45, 2.75) is 24.1 Å². The van der Waals surface area contributed by atoms with Gasteiger partial charge in [-0.25, -0.2) is 8.42 Å². The molecule has 1 unspecified atom stereocenters. The first-order valence-corrected chi connectivity index (χ1v) is 11.2. The number of piperazine rings is 1. The molecule has 11 heteroatoms. The Bertz CT molecular complexity index is 1040. The van der Waals surface area contributed by atoms with E-state index < -0.39 is 32.8 Å². The molecule has 1 heterocycles. The van der Waals surface area contributed by atoms with Crippen LogP contribution < -0.4 is 4.74 Å². The molecule has 0 aromatic heterocycles. The van der Waals surface area contributed by atoms with Crippen LogP contribution in [0.25, 0.3) is 0 Å². The highest BCUT2D eigenvalue weighted by atomic mass is 35.5. The van der Waals surface area contributed by atoms with Crippen molar-refractivity contribution in [3.8, 4) is 5.75 Å². The summed E-state index contributed by atoms with van der Waals surface area (Å²) in [5, 5.41) is 0.524. The van der Waals surface area contributed by atoms with E-state index in [0.29, 0.717) is 10.8 Å². The van der Waals surface area contributed by atoms with E-state index in [1.165, 1.54) is 11.0 Å². The fraction of sp³-hybridized carbons (Fsp3) is 0.350. The lowest BCUT2D eigenvalue weighted by Crippen LogP contribution is -2.53. The molecule has 1 aliphatic rings. The highest BCUT2D eigenvalue weighted by Gasteiger charge is 2.40. The number of amides is 1. The van der Waals surface area contributed by atoms with Gasteiger partial charge < -0.3 is 9.64 Å². The molecule has 168 valence electrons. The van der Waals surface area contributed by atoms with Gasteiger partial charge in [0.1, 0.15) is 5.75 Å². The van der Waals surface area contributed by atoms with Gasteiger partial charge in [0, 0.05) is 31.2 Å². The molecule has 31 heavy (non-hydrogen) atoms. The van der Waals surface area contributed by atoms with Crippen molar-refractivity contribution >= 4 is 27.5 Å². The zero-order valence-corrected chi connectivity index (χ0v) is 18.0. The van der Waals surface area contributed by atoms with Crippen LogP contribution in [-0.4, -0.2) is 55.8 Å². The zero-order valence-electron chi connectivity index (χ0n) is 16.5. The van der Waals surface area contributed by atoms with E-state index in [0.717, 1.165) is 22.5 Å². The minimum atomic E-state index is -4.80. The highest BCUT2D eigenvalue weighted by molar-refractivity contribution is 7.89. The van der Waals surface area contributed by atoms with Crippen LogP contribution in [0.3, 0.4) is 0 Å². The number of carbonyl (C=O) groups is 1. The molecule has 0 radical (unpaired) electrons. The minimum absolute atomic E-state index is 0.0422. The molecule has 2 aromatic carbocycles. The maximum atomic E-state index is 13.2. The Hall–Kier alpha value is -2.30. The Morgan fingerprint density at radius 3 is 2.19 bits per heavy atom. The largest absolute Gasteiger partial charge is 0.481 e. The van der Waals surface area contributed by atoms with Crippen LogP contribution in [0.4, 0.5) is 13.2 Å². The number of sulfonamides is 1. The van der Waals surface area contributed by atoms with Crippen LogP contribution in [0, 0.1) is 0 Å². The van der Waals surface area contributed by atoms with Crippen LogP contribution in [0.2, 0.25) is 5.02 Å². The first-order chi connectivity index (χ1) is 14.5. The van der Waals surface area contributed by atoms with E-state index in [1.54, 1.807) is 31.2 Å². The smallest absolute Gasteiger partial charge is 0.417 e. The quantitative estimate of drug-likeness (QED) is 0.660. The first kappa shape index (κ1) is 23.4. The van der Waals surface area contributed by atoms with E-state index in [4.69, 9.17) is 16.3 Å². The molecule has 1 atom stereocenters. The van der Waals surface area contributed by atoms with Crippen molar-refractivity contribution in [3.05, 3.63) is 59.1 Å². The number of hydrogen-bond acceptors (Lipinski definition) is 4. The maximum absolute atomic E-state index is 13.2. The summed E-state index contributed by atoms with van der Waals surface area (Å²) in [5.41, 5.74) is -1.21. The molecule has 1 saturated heterocycles. The van der Waals surface area contributed by atoms with Crippen LogP contribution in [0.15, 0.2) is 53.4 Å². The molecule has 2 aromatic rings. The van der Waals surface area contributed by atoms with Crippen molar-refractivity contribution in [1.82, 2.24) is 9.21 Å². The summed E-state index contributed by atoms with van der Waals surface area (Å²) in [6.07, 6.45) is -5.62. The van der Waals surface area contributed by atoms with Gasteiger partial charge in [0.25, 0.3) is 5.91 Å². The summed E-state index contributed by atoms with van der Waals surface area (Å²) in [6.45, 7) is 1.42. The lowest BCUT2D eigenvalue weighted by atomic mass is 10.2. The van der Waals surface area contributed by atoms with Crippen molar-refractivity contribution in [3.63, 3.8) is 0 Å². The minimum Gasteiger partial charge on any atom is -0.481 e. The first-order valence-electron chi connectivity index (χ1n) is 9.37. The lowest BCUT2D eigenvalue weighted by molar-refractivity contribution is -0.140. The normalized spacial score (nSPS) is 16.7. The van der Waals surface area contributed by atoms with Gasteiger partial charge in [-0.2, -0.15) is 17.5 Å². The van der Waals surface area contributed by atoms with Gasteiger partial charge >= 0.3 is 6.18 Å². The Labute approximate surface area is 183 Å². The summed E-state index contributed by atoms with van der Waals surface area (Å²) in [4.78, 5) is 13.3. The van der Waals surface area contributed by atoms with E-state index in [2.05, 4.69) is 0 Å². The lowest BCUT2D eigenvalue weighted by Gasteiger charge is -2.35. The average molecular weight is 477 g/mol. The maximum Gasteiger partial charge on any atom is 0.417 e. The van der Waals surface area contributed by atoms with Gasteiger partial charge in [-0.15, -0.1) is 0 Å².